The maximum Gasteiger partial charge on any atom is 0.262 e. The SMILES string of the molecule is CNCCCNC(=O)c1sc2cc(Cl)ccc2c1Cl.Cl. The molecule has 0 radical (unpaired) electrons. The third-order valence-corrected chi connectivity index (χ3v) is 4.58. The van der Waals surface area contributed by atoms with Crippen molar-refractivity contribution in [3.05, 3.63) is 33.1 Å². The van der Waals surface area contributed by atoms with Crippen LogP contribution in [0.4, 0.5) is 0 Å². The number of amides is 1. The first-order valence-corrected chi connectivity index (χ1v) is 7.51. The number of hydrogen-bond donors (Lipinski definition) is 2. The van der Waals surface area contributed by atoms with E-state index in [0.717, 1.165) is 23.1 Å². The van der Waals surface area contributed by atoms with E-state index in [1.165, 1.54) is 11.3 Å². The van der Waals surface area contributed by atoms with Crippen molar-refractivity contribution in [1.82, 2.24) is 10.6 Å². The second-order valence-corrected chi connectivity index (χ2v) is 5.97. The second kappa shape index (κ2) is 8.05. The molecule has 0 saturated heterocycles. The van der Waals surface area contributed by atoms with Crippen LogP contribution in [-0.2, 0) is 0 Å². The Kier molecular flexibility index (Phi) is 7.06. The monoisotopic (exact) mass is 352 g/mol. The van der Waals surface area contributed by atoms with Crippen LogP contribution in [0.25, 0.3) is 10.1 Å². The fourth-order valence-electron chi connectivity index (χ4n) is 1.73. The van der Waals surface area contributed by atoms with Gasteiger partial charge in [-0.05, 0) is 32.1 Å². The molecule has 0 aliphatic carbocycles. The van der Waals surface area contributed by atoms with Crippen LogP contribution in [0, 0.1) is 0 Å². The molecule has 1 amide bonds. The number of carbonyl (C=O) groups excluding carboxylic acids is 1. The topological polar surface area (TPSA) is 41.1 Å². The van der Waals surface area contributed by atoms with E-state index in [4.69, 9.17) is 23.2 Å². The second-order valence-electron chi connectivity index (χ2n) is 4.10. The van der Waals surface area contributed by atoms with Crippen LogP contribution >= 0.6 is 46.9 Å². The normalized spacial score (nSPS) is 10.3. The first kappa shape index (κ1) is 17.5. The predicted octanol–water partition coefficient (Wildman–Crippen LogP) is 3.97. The van der Waals surface area contributed by atoms with Gasteiger partial charge >= 0.3 is 0 Å². The minimum Gasteiger partial charge on any atom is -0.351 e. The van der Waals surface area contributed by atoms with Gasteiger partial charge in [-0.3, -0.25) is 4.79 Å². The van der Waals surface area contributed by atoms with Gasteiger partial charge in [0, 0.05) is 21.7 Å². The van der Waals surface area contributed by atoms with Gasteiger partial charge in [0.2, 0.25) is 0 Å². The van der Waals surface area contributed by atoms with Crippen molar-refractivity contribution in [3.8, 4) is 0 Å². The lowest BCUT2D eigenvalue weighted by molar-refractivity contribution is 0.0957. The van der Waals surface area contributed by atoms with E-state index in [1.807, 2.05) is 19.2 Å². The van der Waals surface area contributed by atoms with E-state index in [1.54, 1.807) is 6.07 Å². The lowest BCUT2D eigenvalue weighted by atomic mass is 10.2. The van der Waals surface area contributed by atoms with Gasteiger partial charge < -0.3 is 10.6 Å². The summed E-state index contributed by atoms with van der Waals surface area (Å²) in [5.74, 6) is -0.126. The Morgan fingerprint density at radius 2 is 2.05 bits per heavy atom. The van der Waals surface area contributed by atoms with Gasteiger partial charge in [0.25, 0.3) is 5.91 Å². The molecule has 0 atom stereocenters. The molecule has 7 heteroatoms. The standard InChI is InChI=1S/C13H14Cl2N2OS.ClH/c1-16-5-2-6-17-13(18)12-11(15)9-4-3-8(14)7-10(9)19-12;/h3-4,7,16H,2,5-6H2,1H3,(H,17,18);1H. The zero-order chi connectivity index (χ0) is 13.8. The van der Waals surface area contributed by atoms with Crippen LogP contribution in [0.2, 0.25) is 10.0 Å². The molecule has 0 fully saturated rings. The predicted molar refractivity (Wildman–Crippen MR) is 90.0 cm³/mol. The number of halogens is 3. The highest BCUT2D eigenvalue weighted by Crippen LogP contribution is 2.36. The largest absolute Gasteiger partial charge is 0.351 e. The third-order valence-electron chi connectivity index (χ3n) is 2.69. The fourth-order valence-corrected chi connectivity index (χ4v) is 3.44. The molecule has 2 N–H and O–H groups in total. The number of hydrogen-bond acceptors (Lipinski definition) is 3. The lowest BCUT2D eigenvalue weighted by Gasteiger charge is -2.03. The van der Waals surface area contributed by atoms with Gasteiger partial charge in [-0.25, -0.2) is 0 Å². The van der Waals surface area contributed by atoms with Crippen molar-refractivity contribution in [1.29, 1.82) is 0 Å². The van der Waals surface area contributed by atoms with Gasteiger partial charge in [-0.15, -0.1) is 23.7 Å². The molecule has 2 aromatic rings. The number of benzene rings is 1. The van der Waals surface area contributed by atoms with Crippen LogP contribution in [-0.4, -0.2) is 26.0 Å². The summed E-state index contributed by atoms with van der Waals surface area (Å²) in [4.78, 5) is 12.6. The Bertz CT molecular complexity index is 601. The summed E-state index contributed by atoms with van der Waals surface area (Å²) in [5.41, 5.74) is 0. The molecule has 0 aliphatic rings. The van der Waals surface area contributed by atoms with Crippen molar-refractivity contribution >= 4 is 62.9 Å². The van der Waals surface area contributed by atoms with Gasteiger partial charge in [-0.2, -0.15) is 0 Å². The summed E-state index contributed by atoms with van der Waals surface area (Å²) in [5, 5.41) is 7.91. The van der Waals surface area contributed by atoms with E-state index in [9.17, 15) is 4.79 Å². The molecule has 2 rings (SSSR count). The van der Waals surface area contributed by atoms with Crippen LogP contribution in [0.15, 0.2) is 18.2 Å². The Hall–Kier alpha value is -0.520. The maximum absolute atomic E-state index is 12.0. The van der Waals surface area contributed by atoms with Crippen LogP contribution in [0.3, 0.4) is 0 Å². The van der Waals surface area contributed by atoms with E-state index in [0.29, 0.717) is 21.5 Å². The third kappa shape index (κ3) is 3.99. The summed E-state index contributed by atoms with van der Waals surface area (Å²) in [6, 6.07) is 5.44. The average Bonchev–Trinajstić information content (AvgIpc) is 2.71. The molecule has 1 aromatic heterocycles. The van der Waals surface area contributed by atoms with Crippen LogP contribution in [0.5, 0.6) is 0 Å². The zero-order valence-electron chi connectivity index (χ0n) is 10.8. The highest BCUT2D eigenvalue weighted by Gasteiger charge is 2.16. The number of rotatable bonds is 5. The number of fused-ring (bicyclic) bond motifs is 1. The van der Waals surface area contributed by atoms with Crippen LogP contribution in [0.1, 0.15) is 16.1 Å². The molecule has 3 nitrogen and oxygen atoms in total. The highest BCUT2D eigenvalue weighted by molar-refractivity contribution is 7.21. The van der Waals surface area contributed by atoms with Crippen molar-refractivity contribution in [2.75, 3.05) is 20.1 Å². The minimum atomic E-state index is -0.126. The smallest absolute Gasteiger partial charge is 0.262 e. The van der Waals surface area contributed by atoms with E-state index in [2.05, 4.69) is 10.6 Å². The Balaban J connectivity index is 0.00000200. The molecule has 1 aromatic carbocycles. The van der Waals surface area contributed by atoms with Crippen LogP contribution < -0.4 is 10.6 Å². The summed E-state index contributed by atoms with van der Waals surface area (Å²) in [6.45, 7) is 1.50. The Morgan fingerprint density at radius 3 is 2.75 bits per heavy atom. The van der Waals surface area contributed by atoms with Crippen molar-refractivity contribution in [2.45, 2.75) is 6.42 Å². The Morgan fingerprint density at radius 1 is 1.30 bits per heavy atom. The molecular formula is C13H15Cl3N2OS. The summed E-state index contributed by atoms with van der Waals surface area (Å²) in [6.07, 6.45) is 0.885. The maximum atomic E-state index is 12.0. The molecule has 0 saturated carbocycles. The van der Waals surface area contributed by atoms with Gasteiger partial charge in [0.1, 0.15) is 4.88 Å². The van der Waals surface area contributed by atoms with E-state index >= 15 is 0 Å². The molecular weight excluding hydrogens is 339 g/mol. The lowest BCUT2D eigenvalue weighted by Crippen LogP contribution is -2.26. The Labute approximate surface area is 138 Å². The number of nitrogens with one attached hydrogen (secondary N) is 2. The van der Waals surface area contributed by atoms with Gasteiger partial charge in [0.15, 0.2) is 0 Å². The van der Waals surface area contributed by atoms with Crippen molar-refractivity contribution in [2.24, 2.45) is 0 Å². The van der Waals surface area contributed by atoms with Crippen molar-refractivity contribution in [3.63, 3.8) is 0 Å². The number of carbonyl (C=O) groups is 1. The summed E-state index contributed by atoms with van der Waals surface area (Å²) in [7, 11) is 1.88. The summed E-state index contributed by atoms with van der Waals surface area (Å²) < 4.78 is 0.929. The molecule has 0 unspecified atom stereocenters. The molecule has 0 bridgehead atoms. The number of thiophene rings is 1. The molecule has 1 heterocycles. The van der Waals surface area contributed by atoms with E-state index in [-0.39, 0.29) is 18.3 Å². The van der Waals surface area contributed by atoms with Gasteiger partial charge in [-0.1, -0.05) is 29.3 Å². The molecule has 0 aliphatic heterocycles. The van der Waals surface area contributed by atoms with E-state index < -0.39 is 0 Å². The fraction of sp³-hybridized carbons (Fsp3) is 0.308. The highest BCUT2D eigenvalue weighted by atomic mass is 35.5. The molecule has 110 valence electrons. The average molecular weight is 354 g/mol. The molecule has 0 spiro atoms. The molecule has 20 heavy (non-hydrogen) atoms. The zero-order valence-corrected chi connectivity index (χ0v) is 14.0. The van der Waals surface area contributed by atoms with Gasteiger partial charge in [0.05, 0.1) is 5.02 Å². The first-order valence-electron chi connectivity index (χ1n) is 5.94. The van der Waals surface area contributed by atoms with Crippen molar-refractivity contribution < 1.29 is 4.79 Å². The quantitative estimate of drug-likeness (QED) is 0.799. The summed E-state index contributed by atoms with van der Waals surface area (Å²) >= 11 is 13.5. The first-order chi connectivity index (χ1) is 9.13. The minimum absolute atomic E-state index is 0.